The molecule has 1 unspecified atom stereocenters. The molecule has 0 bridgehead atoms. The zero-order valence-corrected chi connectivity index (χ0v) is 9.38. The Morgan fingerprint density at radius 3 is 3.07 bits per heavy atom. The molecule has 1 heterocycles. The van der Waals surface area contributed by atoms with Gasteiger partial charge in [0.2, 0.25) is 0 Å². The smallest absolute Gasteiger partial charge is 0.189 e. The molecule has 1 aromatic rings. The summed E-state index contributed by atoms with van der Waals surface area (Å²) in [6, 6.07) is 3.85. The Hall–Kier alpha value is -0.770. The first-order valence-electron chi connectivity index (χ1n) is 4.96. The van der Waals surface area contributed by atoms with E-state index in [4.69, 9.17) is 26.8 Å². The van der Waals surface area contributed by atoms with Crippen molar-refractivity contribution in [3.8, 4) is 5.75 Å². The van der Waals surface area contributed by atoms with Crippen molar-refractivity contribution in [1.29, 1.82) is 0 Å². The van der Waals surface area contributed by atoms with Crippen LogP contribution in [0.4, 0.5) is 0 Å². The van der Waals surface area contributed by atoms with Gasteiger partial charge in [-0.25, -0.2) is 0 Å². The van der Waals surface area contributed by atoms with E-state index in [1.54, 1.807) is 0 Å². The van der Waals surface area contributed by atoms with Gasteiger partial charge in [-0.3, -0.25) is 0 Å². The lowest BCUT2D eigenvalue weighted by Crippen LogP contribution is -2.17. The summed E-state index contributed by atoms with van der Waals surface area (Å²) in [5.41, 5.74) is 7.70. The fourth-order valence-electron chi connectivity index (χ4n) is 1.69. The molecule has 3 nitrogen and oxygen atoms in total. The van der Waals surface area contributed by atoms with E-state index in [1.165, 1.54) is 0 Å². The molecule has 0 fully saturated rings. The maximum Gasteiger partial charge on any atom is 0.189 e. The van der Waals surface area contributed by atoms with E-state index < -0.39 is 0 Å². The third-order valence-electron chi connectivity index (χ3n) is 2.65. The van der Waals surface area contributed by atoms with Crippen molar-refractivity contribution in [3.05, 3.63) is 28.3 Å². The summed E-state index contributed by atoms with van der Waals surface area (Å²) in [4.78, 5) is 0. The normalized spacial score (nSPS) is 16.7. The van der Waals surface area contributed by atoms with Crippen LogP contribution < -0.4 is 10.5 Å². The SMILES string of the molecule is CC(CN)c1ccc(Cl)c2c1OCOC2. The molecule has 2 rings (SSSR count). The fourth-order valence-corrected chi connectivity index (χ4v) is 1.89. The molecular weight excluding hydrogens is 214 g/mol. The molecule has 0 aromatic heterocycles. The van der Waals surface area contributed by atoms with E-state index in [2.05, 4.69) is 6.92 Å². The van der Waals surface area contributed by atoms with Crippen LogP contribution in [0.5, 0.6) is 5.75 Å². The van der Waals surface area contributed by atoms with Gasteiger partial charge in [-0.1, -0.05) is 24.6 Å². The second kappa shape index (κ2) is 4.39. The predicted molar refractivity (Wildman–Crippen MR) is 59.2 cm³/mol. The molecule has 0 saturated carbocycles. The number of benzene rings is 1. The van der Waals surface area contributed by atoms with Gasteiger partial charge < -0.3 is 15.2 Å². The van der Waals surface area contributed by atoms with Crippen LogP contribution in [0.15, 0.2) is 12.1 Å². The average molecular weight is 228 g/mol. The van der Waals surface area contributed by atoms with Gasteiger partial charge in [0.15, 0.2) is 6.79 Å². The second-order valence-corrected chi connectivity index (χ2v) is 4.10. The van der Waals surface area contributed by atoms with E-state index in [0.29, 0.717) is 18.2 Å². The summed E-state index contributed by atoms with van der Waals surface area (Å²) in [7, 11) is 0. The first-order chi connectivity index (χ1) is 7.24. The first-order valence-corrected chi connectivity index (χ1v) is 5.33. The summed E-state index contributed by atoms with van der Waals surface area (Å²) < 4.78 is 10.7. The van der Waals surface area contributed by atoms with Crippen molar-refractivity contribution >= 4 is 11.6 Å². The molecule has 4 heteroatoms. The van der Waals surface area contributed by atoms with Gasteiger partial charge in [-0.15, -0.1) is 0 Å². The molecule has 2 N–H and O–H groups in total. The minimum Gasteiger partial charge on any atom is -0.467 e. The number of hydrogen-bond donors (Lipinski definition) is 1. The quantitative estimate of drug-likeness (QED) is 0.843. The van der Waals surface area contributed by atoms with Gasteiger partial charge in [0.25, 0.3) is 0 Å². The van der Waals surface area contributed by atoms with E-state index in [1.807, 2.05) is 12.1 Å². The number of fused-ring (bicyclic) bond motifs is 1. The van der Waals surface area contributed by atoms with Crippen LogP contribution >= 0.6 is 11.6 Å². The molecule has 0 radical (unpaired) electrons. The first kappa shape index (κ1) is 10.7. The van der Waals surface area contributed by atoms with E-state index >= 15 is 0 Å². The van der Waals surface area contributed by atoms with Crippen LogP contribution in [0, 0.1) is 0 Å². The Kier molecular flexibility index (Phi) is 3.14. The lowest BCUT2D eigenvalue weighted by Gasteiger charge is -2.23. The summed E-state index contributed by atoms with van der Waals surface area (Å²) >= 11 is 6.07. The number of hydrogen-bond acceptors (Lipinski definition) is 3. The summed E-state index contributed by atoms with van der Waals surface area (Å²) in [5.74, 6) is 1.13. The highest BCUT2D eigenvalue weighted by molar-refractivity contribution is 6.31. The standard InChI is InChI=1S/C11H14ClNO2/c1-7(4-13)8-2-3-10(12)9-5-14-6-15-11(8)9/h2-3,7H,4-6,13H2,1H3. The zero-order chi connectivity index (χ0) is 10.8. The molecule has 0 spiro atoms. The fraction of sp³-hybridized carbons (Fsp3) is 0.455. The van der Waals surface area contributed by atoms with Gasteiger partial charge in [0.05, 0.1) is 6.61 Å². The minimum atomic E-state index is 0.272. The number of nitrogens with two attached hydrogens (primary N) is 1. The highest BCUT2D eigenvalue weighted by Gasteiger charge is 2.20. The number of rotatable bonds is 2. The van der Waals surface area contributed by atoms with Crippen molar-refractivity contribution in [2.75, 3.05) is 13.3 Å². The molecule has 1 atom stereocenters. The lowest BCUT2D eigenvalue weighted by molar-refractivity contribution is -0.0171. The van der Waals surface area contributed by atoms with Crippen LogP contribution in [0.25, 0.3) is 0 Å². The molecule has 82 valence electrons. The summed E-state index contributed by atoms with van der Waals surface area (Å²) in [5, 5.41) is 0.692. The number of ether oxygens (including phenoxy) is 2. The molecule has 0 aliphatic carbocycles. The third kappa shape index (κ3) is 1.95. The molecule has 1 aliphatic rings. The van der Waals surface area contributed by atoms with Crippen molar-refractivity contribution in [1.82, 2.24) is 0 Å². The highest BCUT2D eigenvalue weighted by atomic mass is 35.5. The summed E-state index contributed by atoms with van der Waals surface area (Å²) in [6.45, 7) is 3.47. The Balaban J connectivity index is 2.48. The minimum absolute atomic E-state index is 0.272. The zero-order valence-electron chi connectivity index (χ0n) is 8.63. The van der Waals surface area contributed by atoms with E-state index in [-0.39, 0.29) is 12.7 Å². The maximum atomic E-state index is 6.07. The third-order valence-corrected chi connectivity index (χ3v) is 3.01. The molecule has 0 amide bonds. The van der Waals surface area contributed by atoms with Crippen molar-refractivity contribution < 1.29 is 9.47 Å². The Bertz CT molecular complexity index is 368. The molecular formula is C11H14ClNO2. The van der Waals surface area contributed by atoms with Gasteiger partial charge >= 0.3 is 0 Å². The van der Waals surface area contributed by atoms with Crippen LogP contribution in [0.1, 0.15) is 24.0 Å². The molecule has 0 saturated heterocycles. The van der Waals surface area contributed by atoms with Crippen LogP contribution in [0.3, 0.4) is 0 Å². The monoisotopic (exact) mass is 227 g/mol. The number of halogens is 1. The van der Waals surface area contributed by atoms with E-state index in [0.717, 1.165) is 16.9 Å². The van der Waals surface area contributed by atoms with Crippen molar-refractivity contribution in [2.45, 2.75) is 19.4 Å². The Labute approximate surface area is 94.1 Å². The molecule has 15 heavy (non-hydrogen) atoms. The van der Waals surface area contributed by atoms with Gasteiger partial charge in [-0.05, 0) is 24.1 Å². The van der Waals surface area contributed by atoms with Gasteiger partial charge in [-0.2, -0.15) is 0 Å². The lowest BCUT2D eigenvalue weighted by atomic mass is 9.97. The van der Waals surface area contributed by atoms with Crippen LogP contribution in [0.2, 0.25) is 5.02 Å². The van der Waals surface area contributed by atoms with Crippen LogP contribution in [-0.4, -0.2) is 13.3 Å². The van der Waals surface area contributed by atoms with Crippen molar-refractivity contribution in [2.24, 2.45) is 5.73 Å². The van der Waals surface area contributed by atoms with Gasteiger partial charge in [0.1, 0.15) is 5.75 Å². The highest BCUT2D eigenvalue weighted by Crippen LogP contribution is 2.36. The second-order valence-electron chi connectivity index (χ2n) is 3.69. The maximum absolute atomic E-state index is 6.07. The molecule has 1 aliphatic heterocycles. The van der Waals surface area contributed by atoms with Crippen LogP contribution in [-0.2, 0) is 11.3 Å². The Morgan fingerprint density at radius 2 is 2.33 bits per heavy atom. The summed E-state index contributed by atoms with van der Waals surface area (Å²) in [6.07, 6.45) is 0. The predicted octanol–water partition coefficient (Wildman–Crippen LogP) is 2.27. The van der Waals surface area contributed by atoms with Gasteiger partial charge in [0, 0.05) is 10.6 Å². The van der Waals surface area contributed by atoms with E-state index in [9.17, 15) is 0 Å². The molecule has 1 aromatic carbocycles. The average Bonchev–Trinajstić information content (AvgIpc) is 2.29. The Morgan fingerprint density at radius 1 is 1.53 bits per heavy atom. The van der Waals surface area contributed by atoms with Crippen molar-refractivity contribution in [3.63, 3.8) is 0 Å². The largest absolute Gasteiger partial charge is 0.467 e. The topological polar surface area (TPSA) is 44.5 Å².